The van der Waals surface area contributed by atoms with Gasteiger partial charge in [-0.1, -0.05) is 39.7 Å². The van der Waals surface area contributed by atoms with Crippen LogP contribution in [0.4, 0.5) is 0 Å². The summed E-state index contributed by atoms with van der Waals surface area (Å²) in [4.78, 5) is 4.65. The minimum Gasteiger partial charge on any atom is -0.261 e. The first kappa shape index (κ1) is 14.0. The average molecular weight is 390 g/mol. The average Bonchev–Trinajstić information content (AvgIpc) is 2.35. The number of alkyl halides is 1. The summed E-state index contributed by atoms with van der Waals surface area (Å²) in [6.45, 7) is 2.04. The highest BCUT2D eigenvalue weighted by atomic mass is 79.9. The summed E-state index contributed by atoms with van der Waals surface area (Å²) in [6, 6.07) is 10.1. The third-order valence-corrected chi connectivity index (χ3v) is 4.73. The predicted molar refractivity (Wildman–Crippen MR) is 83.5 cm³/mol. The Kier molecular flexibility index (Phi) is 4.82. The molecular weight excluding hydrogens is 377 g/mol. The quantitative estimate of drug-likeness (QED) is 0.633. The van der Waals surface area contributed by atoms with E-state index in [-0.39, 0.29) is 4.83 Å². The molecule has 0 aliphatic rings. The lowest BCUT2D eigenvalue weighted by Crippen LogP contribution is -1.98. The molecule has 0 spiro atoms. The fourth-order valence-electron chi connectivity index (χ4n) is 1.63. The SMILES string of the molecule is Cc1ccc(CC(Br)c2ccc(Cl)c(Br)c2)nc1. The van der Waals surface area contributed by atoms with Crippen LogP contribution in [0, 0.1) is 6.92 Å². The number of hydrogen-bond donors (Lipinski definition) is 0. The Labute approximate surface area is 129 Å². The number of hydrogen-bond acceptors (Lipinski definition) is 1. The summed E-state index contributed by atoms with van der Waals surface area (Å²) in [6.07, 6.45) is 2.75. The van der Waals surface area contributed by atoms with Crippen molar-refractivity contribution in [1.82, 2.24) is 4.98 Å². The molecule has 2 rings (SSSR count). The van der Waals surface area contributed by atoms with Crippen LogP contribution in [0.1, 0.15) is 21.6 Å². The lowest BCUT2D eigenvalue weighted by molar-refractivity contribution is 0.901. The molecule has 0 bridgehead atoms. The van der Waals surface area contributed by atoms with Crippen LogP contribution < -0.4 is 0 Å². The molecule has 94 valence electrons. The molecule has 0 saturated heterocycles. The molecule has 1 aromatic carbocycles. The second-order valence-corrected chi connectivity index (χ2v) is 6.54. The molecule has 1 unspecified atom stereocenters. The molecule has 1 nitrogen and oxygen atoms in total. The Morgan fingerprint density at radius 3 is 2.67 bits per heavy atom. The van der Waals surface area contributed by atoms with E-state index in [4.69, 9.17) is 11.6 Å². The second kappa shape index (κ2) is 6.18. The summed E-state index contributed by atoms with van der Waals surface area (Å²) >= 11 is 13.1. The summed E-state index contributed by atoms with van der Waals surface area (Å²) in [5, 5.41) is 0.729. The lowest BCUT2D eigenvalue weighted by atomic mass is 10.1. The zero-order chi connectivity index (χ0) is 13.1. The van der Waals surface area contributed by atoms with Crippen molar-refractivity contribution in [3.8, 4) is 0 Å². The van der Waals surface area contributed by atoms with Crippen LogP contribution in [0.3, 0.4) is 0 Å². The van der Waals surface area contributed by atoms with Crippen LogP contribution in [-0.2, 0) is 6.42 Å². The number of aromatic nitrogens is 1. The van der Waals surface area contributed by atoms with Gasteiger partial charge >= 0.3 is 0 Å². The Balaban J connectivity index is 2.13. The van der Waals surface area contributed by atoms with Gasteiger partial charge in [0.1, 0.15) is 0 Å². The maximum atomic E-state index is 5.99. The first-order chi connectivity index (χ1) is 8.56. The van der Waals surface area contributed by atoms with E-state index in [1.807, 2.05) is 31.3 Å². The van der Waals surface area contributed by atoms with Crippen molar-refractivity contribution < 1.29 is 0 Å². The van der Waals surface area contributed by atoms with E-state index in [1.54, 1.807) is 0 Å². The van der Waals surface area contributed by atoms with Crippen molar-refractivity contribution in [3.05, 3.63) is 62.8 Å². The van der Waals surface area contributed by atoms with Crippen molar-refractivity contribution in [2.24, 2.45) is 0 Å². The normalized spacial score (nSPS) is 12.4. The van der Waals surface area contributed by atoms with E-state index >= 15 is 0 Å². The topological polar surface area (TPSA) is 12.9 Å². The third kappa shape index (κ3) is 3.56. The van der Waals surface area contributed by atoms with E-state index in [2.05, 4.69) is 49.0 Å². The van der Waals surface area contributed by atoms with E-state index in [1.165, 1.54) is 11.1 Å². The van der Waals surface area contributed by atoms with Crippen LogP contribution in [0.2, 0.25) is 5.02 Å². The molecule has 0 radical (unpaired) electrons. The molecule has 4 heteroatoms. The van der Waals surface area contributed by atoms with E-state index < -0.39 is 0 Å². The van der Waals surface area contributed by atoms with Gasteiger partial charge < -0.3 is 0 Å². The van der Waals surface area contributed by atoms with Gasteiger partial charge in [0.05, 0.1) is 5.02 Å². The van der Waals surface area contributed by atoms with Gasteiger partial charge in [0.15, 0.2) is 0 Å². The van der Waals surface area contributed by atoms with Crippen LogP contribution in [-0.4, -0.2) is 4.98 Å². The van der Waals surface area contributed by atoms with Crippen LogP contribution >= 0.6 is 43.5 Å². The molecule has 0 fully saturated rings. The zero-order valence-corrected chi connectivity index (χ0v) is 13.8. The van der Waals surface area contributed by atoms with Crippen molar-refractivity contribution in [1.29, 1.82) is 0 Å². The van der Waals surface area contributed by atoms with Gasteiger partial charge in [-0.05, 0) is 52.2 Å². The summed E-state index contributed by atoms with van der Waals surface area (Å²) < 4.78 is 0.919. The minimum atomic E-state index is 0.237. The molecule has 2 aromatic rings. The molecular formula is C14H12Br2ClN. The van der Waals surface area contributed by atoms with Crippen molar-refractivity contribution in [2.75, 3.05) is 0 Å². The van der Waals surface area contributed by atoms with Gasteiger partial charge in [0.2, 0.25) is 0 Å². The number of nitrogens with zero attached hydrogens (tertiary/aromatic N) is 1. The highest BCUT2D eigenvalue weighted by Gasteiger charge is 2.10. The Morgan fingerprint density at radius 1 is 1.28 bits per heavy atom. The van der Waals surface area contributed by atoms with Gasteiger partial charge in [-0.2, -0.15) is 0 Å². The maximum absolute atomic E-state index is 5.99. The lowest BCUT2D eigenvalue weighted by Gasteiger charge is -2.11. The fourth-order valence-corrected chi connectivity index (χ4v) is 2.76. The van der Waals surface area contributed by atoms with Crippen LogP contribution in [0.5, 0.6) is 0 Å². The second-order valence-electron chi connectivity index (χ2n) is 4.17. The largest absolute Gasteiger partial charge is 0.261 e. The number of benzene rings is 1. The summed E-state index contributed by atoms with van der Waals surface area (Å²) in [7, 11) is 0. The zero-order valence-electron chi connectivity index (χ0n) is 9.83. The monoisotopic (exact) mass is 387 g/mol. The Morgan fingerprint density at radius 2 is 2.06 bits per heavy atom. The maximum Gasteiger partial charge on any atom is 0.0548 e. The molecule has 0 aliphatic carbocycles. The number of rotatable bonds is 3. The van der Waals surface area contributed by atoms with Gasteiger partial charge in [0, 0.05) is 27.6 Å². The molecule has 0 saturated carbocycles. The van der Waals surface area contributed by atoms with Gasteiger partial charge in [-0.15, -0.1) is 0 Å². The first-order valence-electron chi connectivity index (χ1n) is 5.57. The molecule has 1 heterocycles. The highest BCUT2D eigenvalue weighted by Crippen LogP contribution is 2.31. The fraction of sp³-hybridized carbons (Fsp3) is 0.214. The standard InChI is InChI=1S/C14H12Br2ClN/c1-9-2-4-11(18-8-9)7-12(15)10-3-5-14(17)13(16)6-10/h2-6,8,12H,7H2,1H3. The molecule has 18 heavy (non-hydrogen) atoms. The van der Waals surface area contributed by atoms with Crippen LogP contribution in [0.25, 0.3) is 0 Å². The molecule has 1 aromatic heterocycles. The number of pyridine rings is 1. The van der Waals surface area contributed by atoms with E-state index in [0.29, 0.717) is 0 Å². The van der Waals surface area contributed by atoms with Crippen molar-refractivity contribution in [2.45, 2.75) is 18.2 Å². The van der Waals surface area contributed by atoms with Gasteiger partial charge in [0.25, 0.3) is 0 Å². The van der Waals surface area contributed by atoms with E-state index in [0.717, 1.165) is 21.6 Å². The summed E-state index contributed by atoms with van der Waals surface area (Å²) in [5.41, 5.74) is 3.45. The smallest absolute Gasteiger partial charge is 0.0548 e. The van der Waals surface area contributed by atoms with Gasteiger partial charge in [-0.25, -0.2) is 0 Å². The molecule has 0 aliphatic heterocycles. The minimum absolute atomic E-state index is 0.237. The summed E-state index contributed by atoms with van der Waals surface area (Å²) in [5.74, 6) is 0. The first-order valence-corrected chi connectivity index (χ1v) is 7.65. The number of halogens is 3. The Hall–Kier alpha value is -0.380. The molecule has 1 atom stereocenters. The van der Waals surface area contributed by atoms with Crippen molar-refractivity contribution in [3.63, 3.8) is 0 Å². The molecule has 0 N–H and O–H groups in total. The van der Waals surface area contributed by atoms with Crippen LogP contribution in [0.15, 0.2) is 41.0 Å². The highest BCUT2D eigenvalue weighted by molar-refractivity contribution is 9.10. The third-order valence-electron chi connectivity index (χ3n) is 2.67. The van der Waals surface area contributed by atoms with Gasteiger partial charge in [-0.3, -0.25) is 4.98 Å². The molecule has 0 amide bonds. The van der Waals surface area contributed by atoms with E-state index in [9.17, 15) is 0 Å². The predicted octanol–water partition coefficient (Wildman–Crippen LogP) is 5.48. The van der Waals surface area contributed by atoms with Crippen molar-refractivity contribution >= 4 is 43.5 Å². The Bertz CT molecular complexity index is 540. The number of aryl methyl sites for hydroxylation is 1.